The number of nitriles is 1. The average Bonchev–Trinajstić information content (AvgIpc) is 3.06. The Hall–Kier alpha value is -3.03. The Labute approximate surface area is 195 Å². The molecular weight excluding hydrogens is 442 g/mol. The van der Waals surface area contributed by atoms with Crippen LogP contribution in [0.2, 0.25) is 0 Å². The van der Waals surface area contributed by atoms with Gasteiger partial charge in [0.1, 0.15) is 16.8 Å². The molecule has 2 saturated heterocycles. The highest BCUT2D eigenvalue weighted by Crippen LogP contribution is 2.40. The van der Waals surface area contributed by atoms with Gasteiger partial charge in [0.05, 0.1) is 31.2 Å². The number of likely N-dealkylation sites (N-methyl/N-ethyl adjacent to an activating group) is 1. The molecule has 0 saturated carbocycles. The molecule has 1 aromatic heterocycles. The first-order chi connectivity index (χ1) is 15.7. The van der Waals surface area contributed by atoms with Gasteiger partial charge in [-0.25, -0.2) is 13.4 Å². The van der Waals surface area contributed by atoms with E-state index in [1.54, 1.807) is 26.0 Å². The summed E-state index contributed by atoms with van der Waals surface area (Å²) in [7, 11) is 0.915. The van der Waals surface area contributed by atoms with Crippen molar-refractivity contribution < 1.29 is 17.9 Å². The fraction of sp³-hybridized carbons (Fsp3) is 0.478. The van der Waals surface area contributed by atoms with Gasteiger partial charge in [0.25, 0.3) is 10.0 Å². The Morgan fingerprint density at radius 3 is 2.39 bits per heavy atom. The van der Waals surface area contributed by atoms with Crippen LogP contribution in [0.1, 0.15) is 29.7 Å². The van der Waals surface area contributed by atoms with Gasteiger partial charge in [0.2, 0.25) is 0 Å². The lowest BCUT2D eigenvalue weighted by atomic mass is 10.1. The van der Waals surface area contributed by atoms with E-state index in [0.29, 0.717) is 46.2 Å². The summed E-state index contributed by atoms with van der Waals surface area (Å²) >= 11 is 0. The van der Waals surface area contributed by atoms with E-state index in [1.807, 2.05) is 0 Å². The molecule has 0 aliphatic carbocycles. The molecule has 9 nitrogen and oxygen atoms in total. The maximum atomic E-state index is 13.3. The summed E-state index contributed by atoms with van der Waals surface area (Å²) < 4.78 is 39.8. The molecule has 2 fully saturated rings. The van der Waals surface area contributed by atoms with Crippen LogP contribution in [0.15, 0.2) is 23.1 Å². The molecule has 3 heterocycles. The van der Waals surface area contributed by atoms with Crippen molar-refractivity contribution >= 4 is 21.5 Å². The second-order valence-electron chi connectivity index (χ2n) is 8.62. The molecule has 2 aromatic rings. The molecule has 2 unspecified atom stereocenters. The standard InChI is InChI=1S/C23H29N5O4S/c1-14-18(11-24)23(28-16-9-10-17(28)13-27(3)12-16)25-15(2)21(14)26-33(29,30)20-8-6-7-19(31-4)22(20)32-5/h6-8,16-17,26H,9-10,12-13H2,1-5H3. The number of rotatable bonds is 6. The zero-order chi connectivity index (χ0) is 23.9. The summed E-state index contributed by atoms with van der Waals surface area (Å²) in [5.74, 6) is 1.07. The monoisotopic (exact) mass is 471 g/mol. The van der Waals surface area contributed by atoms with Crippen molar-refractivity contribution in [3.05, 3.63) is 35.0 Å². The average molecular weight is 472 g/mol. The summed E-state index contributed by atoms with van der Waals surface area (Å²) in [5.41, 5.74) is 1.79. The summed E-state index contributed by atoms with van der Waals surface area (Å²) in [6.45, 7) is 5.36. The topological polar surface area (TPSA) is 108 Å². The van der Waals surface area contributed by atoms with Crippen molar-refractivity contribution in [3.8, 4) is 17.6 Å². The van der Waals surface area contributed by atoms with E-state index >= 15 is 0 Å². The molecule has 10 heteroatoms. The molecule has 2 bridgehead atoms. The van der Waals surface area contributed by atoms with Crippen LogP contribution >= 0.6 is 0 Å². The van der Waals surface area contributed by atoms with Gasteiger partial charge in [-0.2, -0.15) is 5.26 Å². The van der Waals surface area contributed by atoms with E-state index in [-0.39, 0.29) is 10.6 Å². The van der Waals surface area contributed by atoms with Crippen molar-refractivity contribution in [1.29, 1.82) is 5.26 Å². The maximum absolute atomic E-state index is 13.3. The number of piperazine rings is 1. The highest BCUT2D eigenvalue weighted by Gasteiger charge is 2.41. The van der Waals surface area contributed by atoms with Crippen molar-refractivity contribution in [1.82, 2.24) is 9.88 Å². The van der Waals surface area contributed by atoms with Crippen LogP contribution in [0.4, 0.5) is 11.5 Å². The smallest absolute Gasteiger partial charge is 0.265 e. The molecule has 2 aliphatic rings. The van der Waals surface area contributed by atoms with Gasteiger partial charge in [-0.05, 0) is 51.4 Å². The minimum Gasteiger partial charge on any atom is -0.493 e. The van der Waals surface area contributed by atoms with Crippen LogP contribution in [0, 0.1) is 25.2 Å². The van der Waals surface area contributed by atoms with Gasteiger partial charge < -0.3 is 19.3 Å². The number of likely N-dealkylation sites (tertiary alicyclic amines) is 1. The van der Waals surface area contributed by atoms with Crippen LogP contribution in [0.25, 0.3) is 0 Å². The maximum Gasteiger partial charge on any atom is 0.265 e. The molecule has 1 aromatic carbocycles. The largest absolute Gasteiger partial charge is 0.493 e. The van der Waals surface area contributed by atoms with Crippen molar-refractivity contribution in [2.45, 2.75) is 43.7 Å². The fourth-order valence-corrected chi connectivity index (χ4v) is 6.39. The van der Waals surface area contributed by atoms with Crippen LogP contribution in [-0.2, 0) is 10.0 Å². The Kier molecular flexibility index (Phi) is 6.12. The molecule has 0 amide bonds. The van der Waals surface area contributed by atoms with Crippen molar-refractivity contribution in [3.63, 3.8) is 0 Å². The SMILES string of the molecule is COc1cccc(S(=O)(=O)Nc2c(C)nc(N3C4CCC3CN(C)C4)c(C#N)c2C)c1OC. The highest BCUT2D eigenvalue weighted by molar-refractivity contribution is 7.92. The second kappa shape index (κ2) is 8.72. The van der Waals surface area contributed by atoms with Crippen molar-refractivity contribution in [2.75, 3.05) is 44.0 Å². The normalized spacial score (nSPS) is 20.4. The van der Waals surface area contributed by atoms with Crippen LogP contribution in [0.5, 0.6) is 11.5 Å². The first-order valence-corrected chi connectivity index (χ1v) is 12.3. The number of aromatic nitrogens is 1. The number of nitrogens with one attached hydrogen (secondary N) is 1. The first kappa shape index (κ1) is 23.1. The number of aryl methyl sites for hydroxylation is 1. The Bertz CT molecular complexity index is 1210. The summed E-state index contributed by atoms with van der Waals surface area (Å²) in [6.07, 6.45) is 2.12. The molecule has 1 N–H and O–H groups in total. The van der Waals surface area contributed by atoms with Gasteiger partial charge in [-0.15, -0.1) is 0 Å². The molecule has 2 atom stereocenters. The predicted molar refractivity (Wildman–Crippen MR) is 126 cm³/mol. The predicted octanol–water partition coefficient (Wildman–Crippen LogP) is 2.67. The number of benzene rings is 1. The third-order valence-electron chi connectivity index (χ3n) is 6.52. The molecule has 0 radical (unpaired) electrons. The fourth-order valence-electron chi connectivity index (χ4n) is 5.02. The van der Waals surface area contributed by atoms with Crippen molar-refractivity contribution in [2.24, 2.45) is 0 Å². The summed E-state index contributed by atoms with van der Waals surface area (Å²) in [5, 5.41) is 10.0. The van der Waals surface area contributed by atoms with Gasteiger partial charge in [0.15, 0.2) is 11.5 Å². The number of hydrogen-bond acceptors (Lipinski definition) is 8. The van der Waals surface area contributed by atoms with E-state index in [4.69, 9.17) is 14.5 Å². The molecular formula is C23H29N5O4S. The quantitative estimate of drug-likeness (QED) is 0.685. The third kappa shape index (κ3) is 3.96. The van der Waals surface area contributed by atoms with Gasteiger partial charge in [-0.3, -0.25) is 4.72 Å². The van der Waals surface area contributed by atoms with Crippen LogP contribution in [-0.4, -0.2) is 64.7 Å². The number of para-hydroxylation sites is 1. The van der Waals surface area contributed by atoms with E-state index in [0.717, 1.165) is 25.9 Å². The Balaban J connectivity index is 1.76. The van der Waals surface area contributed by atoms with E-state index in [2.05, 4.69) is 27.6 Å². The number of nitrogens with zero attached hydrogens (tertiary/aromatic N) is 4. The lowest BCUT2D eigenvalue weighted by Gasteiger charge is -2.41. The van der Waals surface area contributed by atoms with E-state index in [1.165, 1.54) is 20.3 Å². The molecule has 33 heavy (non-hydrogen) atoms. The van der Waals surface area contributed by atoms with Gasteiger partial charge >= 0.3 is 0 Å². The number of fused-ring (bicyclic) bond motifs is 2. The first-order valence-electron chi connectivity index (χ1n) is 10.8. The van der Waals surface area contributed by atoms with E-state index in [9.17, 15) is 13.7 Å². The number of sulfonamides is 1. The Morgan fingerprint density at radius 2 is 1.82 bits per heavy atom. The Morgan fingerprint density at radius 1 is 1.15 bits per heavy atom. The summed E-state index contributed by atoms with van der Waals surface area (Å²) in [6, 6.07) is 7.54. The number of methoxy groups -OCH3 is 2. The van der Waals surface area contributed by atoms with E-state index < -0.39 is 10.0 Å². The zero-order valence-corrected chi connectivity index (χ0v) is 20.4. The lowest BCUT2D eigenvalue weighted by Crippen LogP contribution is -2.53. The number of anilines is 2. The van der Waals surface area contributed by atoms with Gasteiger partial charge in [-0.1, -0.05) is 6.07 Å². The highest BCUT2D eigenvalue weighted by atomic mass is 32.2. The number of ether oxygens (including phenoxy) is 2. The van der Waals surface area contributed by atoms with Crippen LogP contribution in [0.3, 0.4) is 0 Å². The molecule has 0 spiro atoms. The molecule has 2 aliphatic heterocycles. The molecule has 176 valence electrons. The summed E-state index contributed by atoms with van der Waals surface area (Å²) in [4.78, 5) is 9.28. The second-order valence-corrected chi connectivity index (χ2v) is 10.3. The molecule has 4 rings (SSSR count). The number of hydrogen-bond donors (Lipinski definition) is 1. The minimum absolute atomic E-state index is 0.0529. The third-order valence-corrected chi connectivity index (χ3v) is 7.90. The van der Waals surface area contributed by atoms with Gasteiger partial charge in [0, 0.05) is 25.2 Å². The zero-order valence-electron chi connectivity index (χ0n) is 19.5. The number of pyridine rings is 1. The van der Waals surface area contributed by atoms with Crippen LogP contribution < -0.4 is 19.1 Å². The lowest BCUT2D eigenvalue weighted by molar-refractivity contribution is 0.263. The minimum atomic E-state index is -4.04.